The SMILES string of the molecule is CC(C)(CN1C(=O)C(=O)c2ccc(Cl)cc21)C(=O)O. The maximum absolute atomic E-state index is 11.9. The van der Waals surface area contributed by atoms with Crippen LogP contribution >= 0.6 is 11.6 Å². The van der Waals surface area contributed by atoms with Crippen LogP contribution in [-0.2, 0) is 9.59 Å². The predicted octanol–water partition coefficient (Wildman–Crippen LogP) is 1.98. The number of aliphatic carboxylic acids is 1. The average Bonchev–Trinajstić information content (AvgIpc) is 2.54. The molecule has 0 atom stereocenters. The molecule has 1 amide bonds. The molecule has 0 unspecified atom stereocenters. The molecule has 5 nitrogen and oxygen atoms in total. The minimum Gasteiger partial charge on any atom is -0.481 e. The monoisotopic (exact) mass is 281 g/mol. The lowest BCUT2D eigenvalue weighted by atomic mass is 9.93. The van der Waals surface area contributed by atoms with E-state index in [0.29, 0.717) is 10.7 Å². The molecule has 0 bridgehead atoms. The molecule has 1 aliphatic heterocycles. The van der Waals surface area contributed by atoms with E-state index in [1.807, 2.05) is 0 Å². The second-order valence-corrected chi connectivity index (χ2v) is 5.51. The number of amides is 1. The van der Waals surface area contributed by atoms with Crippen molar-refractivity contribution >= 4 is 34.9 Å². The first-order valence-corrected chi connectivity index (χ1v) is 6.01. The molecule has 0 saturated carbocycles. The van der Waals surface area contributed by atoms with Gasteiger partial charge in [0, 0.05) is 11.6 Å². The number of ketones is 1. The first-order chi connectivity index (χ1) is 8.74. The standard InChI is InChI=1S/C13H12ClNO4/c1-13(2,12(18)19)6-15-9-5-7(14)3-4-8(9)10(16)11(15)17/h3-5H,6H2,1-2H3,(H,18,19). The number of halogens is 1. The Morgan fingerprint density at radius 2 is 2.00 bits per heavy atom. The number of benzene rings is 1. The fraction of sp³-hybridized carbons (Fsp3) is 0.308. The molecule has 100 valence electrons. The third-order valence-electron chi connectivity index (χ3n) is 3.07. The summed E-state index contributed by atoms with van der Waals surface area (Å²) in [6.45, 7) is 2.91. The molecule has 1 aromatic rings. The highest BCUT2D eigenvalue weighted by Crippen LogP contribution is 2.33. The summed E-state index contributed by atoms with van der Waals surface area (Å²) in [5.74, 6) is -2.39. The number of carboxylic acids is 1. The summed E-state index contributed by atoms with van der Waals surface area (Å²) >= 11 is 5.85. The van der Waals surface area contributed by atoms with Crippen molar-refractivity contribution in [2.45, 2.75) is 13.8 Å². The average molecular weight is 282 g/mol. The summed E-state index contributed by atoms with van der Waals surface area (Å²) < 4.78 is 0. The van der Waals surface area contributed by atoms with E-state index in [2.05, 4.69) is 0 Å². The molecule has 0 aromatic heterocycles. The topological polar surface area (TPSA) is 74.7 Å². The number of Topliss-reactive ketones (excluding diaryl/α,β-unsaturated/α-hetero) is 1. The van der Waals surface area contributed by atoms with Crippen LogP contribution in [0.3, 0.4) is 0 Å². The Kier molecular flexibility index (Phi) is 3.10. The van der Waals surface area contributed by atoms with E-state index in [1.54, 1.807) is 0 Å². The highest BCUT2D eigenvalue weighted by molar-refractivity contribution is 6.52. The number of anilines is 1. The number of carboxylic acid groups (broad SMARTS) is 1. The summed E-state index contributed by atoms with van der Waals surface area (Å²) in [6, 6.07) is 4.50. The largest absolute Gasteiger partial charge is 0.481 e. The van der Waals surface area contributed by atoms with E-state index in [4.69, 9.17) is 16.7 Å². The van der Waals surface area contributed by atoms with Gasteiger partial charge in [-0.3, -0.25) is 14.4 Å². The molecule has 0 radical (unpaired) electrons. The highest BCUT2D eigenvalue weighted by Gasteiger charge is 2.40. The zero-order valence-corrected chi connectivity index (χ0v) is 11.2. The van der Waals surface area contributed by atoms with Crippen LogP contribution in [0.4, 0.5) is 5.69 Å². The molecular weight excluding hydrogens is 270 g/mol. The summed E-state index contributed by atoms with van der Waals surface area (Å²) in [5.41, 5.74) is -0.521. The first-order valence-electron chi connectivity index (χ1n) is 5.63. The van der Waals surface area contributed by atoms with Crippen molar-refractivity contribution in [3.8, 4) is 0 Å². The summed E-state index contributed by atoms with van der Waals surface area (Å²) in [5, 5.41) is 9.50. The van der Waals surface area contributed by atoms with Crippen molar-refractivity contribution in [3.05, 3.63) is 28.8 Å². The van der Waals surface area contributed by atoms with Crippen LogP contribution in [0.25, 0.3) is 0 Å². The van der Waals surface area contributed by atoms with Crippen LogP contribution in [0.2, 0.25) is 5.02 Å². The Morgan fingerprint density at radius 1 is 1.37 bits per heavy atom. The van der Waals surface area contributed by atoms with Crippen molar-refractivity contribution < 1.29 is 19.5 Å². The van der Waals surface area contributed by atoms with Crippen molar-refractivity contribution in [2.24, 2.45) is 5.41 Å². The third kappa shape index (κ3) is 2.21. The lowest BCUT2D eigenvalue weighted by molar-refractivity contribution is -0.146. The van der Waals surface area contributed by atoms with Crippen molar-refractivity contribution in [2.75, 3.05) is 11.4 Å². The zero-order valence-electron chi connectivity index (χ0n) is 10.4. The quantitative estimate of drug-likeness (QED) is 0.860. The Labute approximate surface area is 114 Å². The van der Waals surface area contributed by atoms with Crippen LogP contribution < -0.4 is 4.90 Å². The van der Waals surface area contributed by atoms with Crippen LogP contribution in [0, 0.1) is 5.41 Å². The molecule has 1 aromatic carbocycles. The number of carbonyl (C=O) groups excluding carboxylic acids is 2. The number of hydrogen-bond acceptors (Lipinski definition) is 3. The number of rotatable bonds is 3. The first kappa shape index (κ1) is 13.5. The molecule has 6 heteroatoms. The van der Waals surface area contributed by atoms with Gasteiger partial charge in [0.15, 0.2) is 0 Å². The highest BCUT2D eigenvalue weighted by atomic mass is 35.5. The van der Waals surface area contributed by atoms with Crippen LogP contribution in [-0.4, -0.2) is 29.3 Å². The zero-order chi connectivity index (χ0) is 14.4. The maximum atomic E-state index is 11.9. The van der Waals surface area contributed by atoms with Crippen LogP contribution in [0.15, 0.2) is 18.2 Å². The molecule has 2 rings (SSSR count). The molecule has 1 N–H and O–H groups in total. The van der Waals surface area contributed by atoms with Gasteiger partial charge in [-0.15, -0.1) is 0 Å². The van der Waals surface area contributed by atoms with Crippen molar-refractivity contribution in [1.82, 2.24) is 0 Å². The lowest BCUT2D eigenvalue weighted by Gasteiger charge is -2.26. The van der Waals surface area contributed by atoms with Gasteiger partial charge in [-0.25, -0.2) is 0 Å². The second-order valence-electron chi connectivity index (χ2n) is 5.07. The van der Waals surface area contributed by atoms with Gasteiger partial charge >= 0.3 is 5.97 Å². The third-order valence-corrected chi connectivity index (χ3v) is 3.30. The van der Waals surface area contributed by atoms with Crippen molar-refractivity contribution in [3.63, 3.8) is 0 Å². The van der Waals surface area contributed by atoms with Crippen molar-refractivity contribution in [1.29, 1.82) is 0 Å². The lowest BCUT2D eigenvalue weighted by Crippen LogP contribution is -2.41. The smallest absolute Gasteiger partial charge is 0.310 e. The molecule has 0 spiro atoms. The molecule has 0 saturated heterocycles. The van der Waals surface area contributed by atoms with Gasteiger partial charge in [-0.1, -0.05) is 11.6 Å². The Hall–Kier alpha value is -1.88. The maximum Gasteiger partial charge on any atom is 0.310 e. The van der Waals surface area contributed by atoms with Crippen LogP contribution in [0.1, 0.15) is 24.2 Å². The number of carbonyl (C=O) groups is 3. The number of nitrogens with zero attached hydrogens (tertiary/aromatic N) is 1. The van der Waals surface area contributed by atoms with Gasteiger partial charge < -0.3 is 10.0 Å². The number of hydrogen-bond donors (Lipinski definition) is 1. The minimum absolute atomic E-state index is 0.0831. The van der Waals surface area contributed by atoms with E-state index in [-0.39, 0.29) is 12.1 Å². The van der Waals surface area contributed by atoms with Gasteiger partial charge in [0.1, 0.15) is 0 Å². The van der Waals surface area contributed by atoms with E-state index in [1.165, 1.54) is 36.9 Å². The van der Waals surface area contributed by atoms with Gasteiger partial charge in [-0.05, 0) is 32.0 Å². The number of fused-ring (bicyclic) bond motifs is 1. The van der Waals surface area contributed by atoms with E-state index < -0.39 is 23.1 Å². The fourth-order valence-corrected chi connectivity index (χ4v) is 2.05. The molecule has 0 aliphatic carbocycles. The summed E-state index contributed by atoms with van der Waals surface area (Å²) in [4.78, 5) is 36.0. The molecule has 0 fully saturated rings. The van der Waals surface area contributed by atoms with Gasteiger partial charge in [0.25, 0.3) is 11.7 Å². The summed E-state index contributed by atoms with van der Waals surface area (Å²) in [6.07, 6.45) is 0. The Balaban J connectivity index is 2.44. The summed E-state index contributed by atoms with van der Waals surface area (Å²) in [7, 11) is 0. The van der Waals surface area contributed by atoms with Gasteiger partial charge in [0.05, 0.1) is 16.7 Å². The van der Waals surface area contributed by atoms with E-state index in [0.717, 1.165) is 0 Å². The Morgan fingerprint density at radius 3 is 2.58 bits per heavy atom. The Bertz CT molecular complexity index is 594. The molecule has 19 heavy (non-hydrogen) atoms. The van der Waals surface area contributed by atoms with E-state index >= 15 is 0 Å². The van der Waals surface area contributed by atoms with E-state index in [9.17, 15) is 14.4 Å². The normalized spacial score (nSPS) is 14.8. The fourth-order valence-electron chi connectivity index (χ4n) is 1.89. The second kappa shape index (κ2) is 4.35. The molecule has 1 aliphatic rings. The van der Waals surface area contributed by atoms with Gasteiger partial charge in [0.2, 0.25) is 0 Å². The van der Waals surface area contributed by atoms with Gasteiger partial charge in [-0.2, -0.15) is 0 Å². The minimum atomic E-state index is -1.15. The molecule has 1 heterocycles. The molecular formula is C13H12ClNO4. The predicted molar refractivity (Wildman–Crippen MR) is 69.6 cm³/mol. The van der Waals surface area contributed by atoms with Crippen LogP contribution in [0.5, 0.6) is 0 Å².